The van der Waals surface area contributed by atoms with Crippen LogP contribution in [0.4, 0.5) is 0 Å². The monoisotopic (exact) mass is 179 g/mol. The minimum absolute atomic E-state index is 0.224. The predicted octanol–water partition coefficient (Wildman–Crippen LogP) is 1.52. The summed E-state index contributed by atoms with van der Waals surface area (Å²) in [6.07, 6.45) is 4.44. The highest BCUT2D eigenvalue weighted by atomic mass is 32.2. The van der Waals surface area contributed by atoms with E-state index in [1.165, 1.54) is 0 Å². The molecular formula is C9H9NOS. The molecule has 1 saturated heterocycles. The van der Waals surface area contributed by atoms with Gasteiger partial charge in [-0.1, -0.05) is 6.58 Å². The summed E-state index contributed by atoms with van der Waals surface area (Å²) in [5.41, 5.74) is 3.84. The van der Waals surface area contributed by atoms with Crippen molar-refractivity contribution >= 4 is 17.7 Å². The Morgan fingerprint density at radius 1 is 1.83 bits per heavy atom. The molecule has 0 unspecified atom stereocenters. The molecule has 0 aliphatic carbocycles. The molecule has 62 valence electrons. The molecule has 0 N–H and O–H groups in total. The summed E-state index contributed by atoms with van der Waals surface area (Å²) in [4.78, 5) is 12.8. The maximum absolute atomic E-state index is 11.0. The molecule has 0 radical (unpaired) electrons. The van der Waals surface area contributed by atoms with Crippen LogP contribution in [0, 0.1) is 0 Å². The Bertz CT molecular complexity index is 302. The van der Waals surface area contributed by atoms with Crippen LogP contribution in [0.25, 0.3) is 0 Å². The Labute approximate surface area is 75.6 Å². The van der Waals surface area contributed by atoms with Gasteiger partial charge >= 0.3 is 0 Å². The first kappa shape index (κ1) is 7.71. The first-order chi connectivity index (χ1) is 5.81. The standard InChI is InChI=1S/C9H9NOS/c1-2-3-7-5-10-8(11)4-9(10)12-6-7/h3,5,9H,1,4,6H2/t9-/m1/s1. The maximum Gasteiger partial charge on any atom is 0.230 e. The zero-order valence-corrected chi connectivity index (χ0v) is 7.43. The van der Waals surface area contributed by atoms with Crippen LogP contribution in [0.5, 0.6) is 0 Å². The summed E-state index contributed by atoms with van der Waals surface area (Å²) in [6.45, 7) is 3.50. The maximum atomic E-state index is 11.0. The normalized spacial score (nSPS) is 26.7. The van der Waals surface area contributed by atoms with Gasteiger partial charge in [0.05, 0.1) is 11.8 Å². The topological polar surface area (TPSA) is 20.3 Å². The molecule has 2 aliphatic heterocycles. The van der Waals surface area contributed by atoms with Gasteiger partial charge in [0.2, 0.25) is 5.91 Å². The number of β-lactam (4-membered cyclic amide) rings is 1. The molecule has 2 nitrogen and oxygen atoms in total. The van der Waals surface area contributed by atoms with Crippen molar-refractivity contribution in [3.8, 4) is 0 Å². The second-order valence-corrected chi connectivity index (χ2v) is 3.99. The van der Waals surface area contributed by atoms with Crippen molar-refractivity contribution in [2.75, 3.05) is 5.75 Å². The largest absolute Gasteiger partial charge is 0.306 e. The van der Waals surface area contributed by atoms with Crippen LogP contribution in [-0.4, -0.2) is 21.9 Å². The highest BCUT2D eigenvalue weighted by Crippen LogP contribution is 2.35. The van der Waals surface area contributed by atoms with Gasteiger partial charge in [-0.3, -0.25) is 4.79 Å². The van der Waals surface area contributed by atoms with Gasteiger partial charge in [-0.15, -0.1) is 17.5 Å². The first-order valence-electron chi connectivity index (χ1n) is 3.80. The van der Waals surface area contributed by atoms with Gasteiger partial charge < -0.3 is 4.90 Å². The lowest BCUT2D eigenvalue weighted by molar-refractivity contribution is -0.137. The smallest absolute Gasteiger partial charge is 0.230 e. The summed E-state index contributed by atoms with van der Waals surface area (Å²) < 4.78 is 0. The van der Waals surface area contributed by atoms with E-state index < -0.39 is 0 Å². The molecule has 2 rings (SSSR count). The third kappa shape index (κ3) is 1.11. The van der Waals surface area contributed by atoms with E-state index in [2.05, 4.69) is 12.3 Å². The lowest BCUT2D eigenvalue weighted by atomic mass is 10.2. The van der Waals surface area contributed by atoms with Crippen LogP contribution in [0.15, 0.2) is 30.2 Å². The number of carbonyl (C=O) groups excluding carboxylic acids is 1. The minimum Gasteiger partial charge on any atom is -0.306 e. The number of fused-ring (bicyclic) bond motifs is 1. The van der Waals surface area contributed by atoms with E-state index in [9.17, 15) is 4.79 Å². The molecule has 0 aromatic heterocycles. The first-order valence-corrected chi connectivity index (χ1v) is 4.85. The number of hydrogen-bond donors (Lipinski definition) is 0. The van der Waals surface area contributed by atoms with Crippen LogP contribution in [0.1, 0.15) is 6.42 Å². The Morgan fingerprint density at radius 2 is 2.67 bits per heavy atom. The Kier molecular flexibility index (Phi) is 1.83. The molecule has 12 heavy (non-hydrogen) atoms. The van der Waals surface area contributed by atoms with Crippen LogP contribution in [0.2, 0.25) is 0 Å². The fraction of sp³-hybridized carbons (Fsp3) is 0.333. The van der Waals surface area contributed by atoms with Gasteiger partial charge in [0.15, 0.2) is 0 Å². The van der Waals surface area contributed by atoms with Crippen LogP contribution >= 0.6 is 11.8 Å². The molecule has 2 aliphatic rings. The van der Waals surface area contributed by atoms with Crippen molar-refractivity contribution in [2.24, 2.45) is 0 Å². The van der Waals surface area contributed by atoms with Crippen molar-refractivity contribution in [1.82, 2.24) is 4.90 Å². The van der Waals surface area contributed by atoms with E-state index in [0.717, 1.165) is 11.3 Å². The van der Waals surface area contributed by atoms with Gasteiger partial charge in [0.1, 0.15) is 0 Å². The molecule has 0 saturated carbocycles. The number of amides is 1. The molecule has 0 bridgehead atoms. The fourth-order valence-corrected chi connectivity index (χ4v) is 2.46. The molecule has 0 aromatic carbocycles. The van der Waals surface area contributed by atoms with Gasteiger partial charge in [0, 0.05) is 12.0 Å². The average Bonchev–Trinajstić information content (AvgIpc) is 2.07. The molecule has 2 heterocycles. The van der Waals surface area contributed by atoms with E-state index >= 15 is 0 Å². The highest BCUT2D eigenvalue weighted by molar-refractivity contribution is 8.00. The summed E-state index contributed by atoms with van der Waals surface area (Å²) in [7, 11) is 0. The lowest BCUT2D eigenvalue weighted by Crippen LogP contribution is -2.48. The Balaban J connectivity index is 2.18. The third-order valence-corrected chi connectivity index (χ3v) is 3.26. The average molecular weight is 179 g/mol. The summed E-state index contributed by atoms with van der Waals surface area (Å²) in [6, 6.07) is 0. The summed E-state index contributed by atoms with van der Waals surface area (Å²) in [5.74, 6) is 1.19. The van der Waals surface area contributed by atoms with Gasteiger partial charge in [-0.2, -0.15) is 0 Å². The number of carbonyl (C=O) groups is 1. The van der Waals surface area contributed by atoms with E-state index in [0.29, 0.717) is 11.8 Å². The fourth-order valence-electron chi connectivity index (χ4n) is 1.31. The van der Waals surface area contributed by atoms with Crippen LogP contribution in [0.3, 0.4) is 0 Å². The Morgan fingerprint density at radius 3 is 3.33 bits per heavy atom. The van der Waals surface area contributed by atoms with Crippen molar-refractivity contribution < 1.29 is 4.79 Å². The molecule has 1 fully saturated rings. The van der Waals surface area contributed by atoms with E-state index in [1.54, 1.807) is 16.7 Å². The molecule has 3 heteroatoms. The van der Waals surface area contributed by atoms with Crippen molar-refractivity contribution in [1.29, 1.82) is 0 Å². The highest BCUT2D eigenvalue weighted by Gasteiger charge is 2.37. The lowest BCUT2D eigenvalue weighted by Gasteiger charge is -2.40. The predicted molar refractivity (Wildman–Crippen MR) is 49.5 cm³/mol. The van der Waals surface area contributed by atoms with Crippen LogP contribution < -0.4 is 0 Å². The number of nitrogens with zero attached hydrogens (tertiary/aromatic N) is 1. The van der Waals surface area contributed by atoms with Gasteiger partial charge in [0.25, 0.3) is 0 Å². The number of rotatable bonds is 1. The number of hydrogen-bond acceptors (Lipinski definition) is 2. The zero-order chi connectivity index (χ0) is 8.55. The molecule has 1 atom stereocenters. The van der Waals surface area contributed by atoms with Crippen molar-refractivity contribution in [3.05, 3.63) is 30.2 Å². The molecule has 0 aromatic rings. The quantitative estimate of drug-likeness (QED) is 0.449. The summed E-state index contributed by atoms with van der Waals surface area (Å²) in [5, 5.41) is 0.402. The molecule has 1 amide bonds. The van der Waals surface area contributed by atoms with E-state index in [4.69, 9.17) is 0 Å². The van der Waals surface area contributed by atoms with Crippen molar-refractivity contribution in [3.63, 3.8) is 0 Å². The summed E-state index contributed by atoms with van der Waals surface area (Å²) >= 11 is 1.80. The number of allylic oxidation sites excluding steroid dienone is 1. The minimum atomic E-state index is 0.224. The second-order valence-electron chi connectivity index (χ2n) is 2.82. The molecule has 0 spiro atoms. The second kappa shape index (κ2) is 2.85. The zero-order valence-electron chi connectivity index (χ0n) is 6.62. The van der Waals surface area contributed by atoms with Gasteiger partial charge in [-0.25, -0.2) is 0 Å². The molecular weight excluding hydrogens is 170 g/mol. The van der Waals surface area contributed by atoms with E-state index in [1.807, 2.05) is 12.3 Å². The van der Waals surface area contributed by atoms with Crippen molar-refractivity contribution in [2.45, 2.75) is 11.8 Å². The van der Waals surface area contributed by atoms with Gasteiger partial charge in [-0.05, 0) is 11.6 Å². The Hall–Kier alpha value is -0.920. The third-order valence-electron chi connectivity index (χ3n) is 1.98. The van der Waals surface area contributed by atoms with E-state index in [-0.39, 0.29) is 5.91 Å². The number of thioether (sulfide) groups is 1. The van der Waals surface area contributed by atoms with Crippen LogP contribution in [-0.2, 0) is 4.79 Å². The SMILES string of the molecule is C=C=CC1=CN2C(=O)C[C@H]2SC1.